The fraction of sp³-hybridized carbons (Fsp3) is 0.346. The van der Waals surface area contributed by atoms with E-state index in [-0.39, 0.29) is 17.6 Å². The van der Waals surface area contributed by atoms with Gasteiger partial charge in [0.15, 0.2) is 0 Å². The quantitative estimate of drug-likeness (QED) is 0.499. The molecule has 1 saturated carbocycles. The van der Waals surface area contributed by atoms with Crippen molar-refractivity contribution in [1.82, 2.24) is 14.1 Å². The summed E-state index contributed by atoms with van der Waals surface area (Å²) in [5.41, 5.74) is 5.19. The third-order valence-corrected chi connectivity index (χ3v) is 7.29. The van der Waals surface area contributed by atoms with Crippen molar-refractivity contribution in [2.45, 2.75) is 51.1 Å². The second kappa shape index (κ2) is 7.19. The van der Waals surface area contributed by atoms with Crippen LogP contribution in [0, 0.1) is 5.92 Å². The molecule has 1 aliphatic heterocycles. The van der Waals surface area contributed by atoms with Crippen molar-refractivity contribution in [2.24, 2.45) is 5.92 Å². The Morgan fingerprint density at radius 2 is 1.71 bits per heavy atom. The molecule has 5 nitrogen and oxygen atoms in total. The van der Waals surface area contributed by atoms with Crippen molar-refractivity contribution in [3.05, 3.63) is 87.6 Å². The summed E-state index contributed by atoms with van der Waals surface area (Å²) >= 11 is 0. The van der Waals surface area contributed by atoms with Crippen LogP contribution in [-0.4, -0.2) is 19.2 Å². The maximum atomic E-state index is 13.7. The minimum absolute atomic E-state index is 0.0399. The minimum Gasteiger partial charge on any atom is -0.493 e. The maximum Gasteiger partial charge on any atom is 0.332 e. The van der Waals surface area contributed by atoms with Crippen molar-refractivity contribution in [1.29, 1.82) is 0 Å². The number of nitrogens with one attached hydrogen (secondary N) is 1. The summed E-state index contributed by atoms with van der Waals surface area (Å²) in [6.45, 7) is 0.386. The largest absolute Gasteiger partial charge is 0.493 e. The van der Waals surface area contributed by atoms with Crippen LogP contribution in [0.15, 0.2) is 59.4 Å². The average Bonchev–Trinajstić information content (AvgIpc) is 3.30. The molecule has 3 heterocycles. The molecule has 1 aliphatic carbocycles. The summed E-state index contributed by atoms with van der Waals surface area (Å²) in [5.74, 6) is 0.523. The Bertz CT molecular complexity index is 1310. The second-order valence-corrected chi connectivity index (χ2v) is 9.08. The first-order valence-electron chi connectivity index (χ1n) is 11.4. The Kier molecular flexibility index (Phi) is 4.30. The Morgan fingerprint density at radius 3 is 2.52 bits per heavy atom. The molecule has 1 atom stereocenters. The highest BCUT2D eigenvalue weighted by Crippen LogP contribution is 2.44. The first-order valence-corrected chi connectivity index (χ1v) is 11.4. The molecule has 2 aromatic heterocycles. The summed E-state index contributed by atoms with van der Waals surface area (Å²) in [6, 6.07) is 18.2. The summed E-state index contributed by atoms with van der Waals surface area (Å²) in [5, 5.41) is 12.4. The smallest absolute Gasteiger partial charge is 0.332 e. The predicted molar refractivity (Wildman–Crippen MR) is 122 cm³/mol. The van der Waals surface area contributed by atoms with E-state index in [4.69, 9.17) is 0 Å². The van der Waals surface area contributed by atoms with Crippen LogP contribution in [0.3, 0.4) is 0 Å². The maximum absolute atomic E-state index is 13.7. The molecule has 0 radical (unpaired) electrons. The van der Waals surface area contributed by atoms with Gasteiger partial charge >= 0.3 is 5.69 Å². The molecule has 2 aromatic carbocycles. The fourth-order valence-electron chi connectivity index (χ4n) is 5.82. The van der Waals surface area contributed by atoms with E-state index in [9.17, 15) is 9.90 Å². The number of hydrogen-bond acceptors (Lipinski definition) is 2. The first kappa shape index (κ1) is 18.6. The van der Waals surface area contributed by atoms with Gasteiger partial charge in [-0.25, -0.2) is 4.79 Å². The third kappa shape index (κ3) is 2.87. The lowest BCUT2D eigenvalue weighted by atomic mass is 9.80. The number of para-hydroxylation sites is 1. The van der Waals surface area contributed by atoms with Crippen molar-refractivity contribution < 1.29 is 5.11 Å². The van der Waals surface area contributed by atoms with Gasteiger partial charge in [0, 0.05) is 23.0 Å². The Morgan fingerprint density at radius 1 is 0.968 bits per heavy atom. The van der Waals surface area contributed by atoms with E-state index < -0.39 is 0 Å². The van der Waals surface area contributed by atoms with Crippen LogP contribution >= 0.6 is 0 Å². The van der Waals surface area contributed by atoms with Crippen molar-refractivity contribution in [3.8, 4) is 5.88 Å². The number of hydrogen-bond donors (Lipinski definition) is 2. The second-order valence-electron chi connectivity index (χ2n) is 9.08. The standard InChI is InChI=1S/C26H27N3O2/c30-25-22-15-20-19-13-7-8-14-21(19)27-23(20)24(18-11-5-2-6-12-18)29(22)26(31)28(25)16-17-9-3-1-4-10-17/h1,3-4,7-10,13-14,18,24,27,30H,2,5-6,11-12,15-16H2/t24-/m0/s1. The van der Waals surface area contributed by atoms with E-state index in [2.05, 4.69) is 23.2 Å². The van der Waals surface area contributed by atoms with Gasteiger partial charge in [0.2, 0.25) is 5.88 Å². The van der Waals surface area contributed by atoms with Crippen LogP contribution in [-0.2, 0) is 13.0 Å². The van der Waals surface area contributed by atoms with E-state index in [0.717, 1.165) is 29.6 Å². The number of aromatic hydroxyl groups is 1. The number of imidazole rings is 1. The molecule has 0 amide bonds. The fourth-order valence-corrected chi connectivity index (χ4v) is 5.82. The molecule has 2 aliphatic rings. The van der Waals surface area contributed by atoms with Crippen LogP contribution < -0.4 is 5.69 Å². The lowest BCUT2D eigenvalue weighted by molar-refractivity contribution is 0.263. The van der Waals surface area contributed by atoms with Gasteiger partial charge < -0.3 is 10.1 Å². The van der Waals surface area contributed by atoms with Gasteiger partial charge in [-0.2, -0.15) is 0 Å². The molecule has 0 unspecified atom stereocenters. The Hall–Kier alpha value is -3.21. The molecule has 158 valence electrons. The topological polar surface area (TPSA) is 63.0 Å². The van der Waals surface area contributed by atoms with Gasteiger partial charge in [-0.05, 0) is 36.0 Å². The van der Waals surface area contributed by atoms with E-state index in [1.807, 2.05) is 41.0 Å². The van der Waals surface area contributed by atoms with E-state index in [0.29, 0.717) is 18.9 Å². The number of aromatic amines is 1. The minimum atomic E-state index is -0.101. The Labute approximate surface area is 181 Å². The van der Waals surface area contributed by atoms with Gasteiger partial charge in [-0.3, -0.25) is 9.13 Å². The zero-order chi connectivity index (χ0) is 20.9. The van der Waals surface area contributed by atoms with Crippen LogP contribution in [0.5, 0.6) is 5.88 Å². The molecular weight excluding hydrogens is 386 g/mol. The van der Waals surface area contributed by atoms with Crippen LogP contribution in [0.4, 0.5) is 0 Å². The molecule has 4 aromatic rings. The number of H-pyrrole nitrogens is 1. The van der Waals surface area contributed by atoms with Crippen LogP contribution in [0.25, 0.3) is 10.9 Å². The lowest BCUT2D eigenvalue weighted by Gasteiger charge is -2.34. The van der Waals surface area contributed by atoms with Gasteiger partial charge in [0.1, 0.15) is 0 Å². The van der Waals surface area contributed by atoms with Crippen LogP contribution in [0.2, 0.25) is 0 Å². The summed E-state index contributed by atoms with van der Waals surface area (Å²) in [4.78, 5) is 17.3. The van der Waals surface area contributed by atoms with Crippen molar-refractivity contribution in [3.63, 3.8) is 0 Å². The number of aromatic nitrogens is 3. The summed E-state index contributed by atoms with van der Waals surface area (Å²) < 4.78 is 3.46. The highest BCUT2D eigenvalue weighted by Gasteiger charge is 2.38. The molecule has 0 bridgehead atoms. The van der Waals surface area contributed by atoms with Crippen molar-refractivity contribution in [2.75, 3.05) is 0 Å². The molecule has 0 spiro atoms. The first-order chi connectivity index (χ1) is 15.2. The normalized spacial score (nSPS) is 18.8. The van der Waals surface area contributed by atoms with Gasteiger partial charge in [-0.15, -0.1) is 0 Å². The molecule has 0 saturated heterocycles. The molecule has 6 rings (SSSR count). The van der Waals surface area contributed by atoms with E-state index in [1.54, 1.807) is 4.57 Å². The molecule has 2 N–H and O–H groups in total. The van der Waals surface area contributed by atoms with Gasteiger partial charge in [-0.1, -0.05) is 67.8 Å². The van der Waals surface area contributed by atoms with Crippen molar-refractivity contribution >= 4 is 10.9 Å². The lowest BCUT2D eigenvalue weighted by Crippen LogP contribution is -2.36. The average molecular weight is 414 g/mol. The monoisotopic (exact) mass is 413 g/mol. The number of fused-ring (bicyclic) bond motifs is 4. The molecule has 31 heavy (non-hydrogen) atoms. The van der Waals surface area contributed by atoms with Gasteiger partial charge in [0.05, 0.1) is 18.3 Å². The number of benzene rings is 2. The predicted octanol–water partition coefficient (Wildman–Crippen LogP) is 4.96. The molecule has 5 heteroatoms. The highest BCUT2D eigenvalue weighted by molar-refractivity contribution is 5.85. The summed E-state index contributed by atoms with van der Waals surface area (Å²) in [7, 11) is 0. The van der Waals surface area contributed by atoms with Crippen LogP contribution in [0.1, 0.15) is 60.7 Å². The molecular formula is C26H27N3O2. The number of nitrogens with zero attached hydrogens (tertiary/aromatic N) is 2. The van der Waals surface area contributed by atoms with Gasteiger partial charge in [0.25, 0.3) is 0 Å². The Balaban J connectivity index is 1.54. The third-order valence-electron chi connectivity index (χ3n) is 7.29. The number of rotatable bonds is 3. The molecule has 1 fully saturated rings. The van der Waals surface area contributed by atoms with E-state index >= 15 is 0 Å². The zero-order valence-electron chi connectivity index (χ0n) is 17.6. The SMILES string of the molecule is O=c1n(Cc2ccccc2)c(O)c2n1[C@@H](C1CCCCC1)c1[nH]c3ccccc3c1C2. The highest BCUT2D eigenvalue weighted by atomic mass is 16.3. The zero-order valence-corrected chi connectivity index (χ0v) is 17.6. The van der Waals surface area contributed by atoms with E-state index in [1.165, 1.54) is 35.9 Å². The summed E-state index contributed by atoms with van der Waals surface area (Å²) in [6.07, 6.45) is 6.50.